The summed E-state index contributed by atoms with van der Waals surface area (Å²) in [6.45, 7) is 6.40. The Hall–Kier alpha value is -0.830. The van der Waals surface area contributed by atoms with E-state index in [9.17, 15) is 0 Å². The van der Waals surface area contributed by atoms with Crippen LogP contribution in [0.5, 0.6) is 0 Å². The molecule has 1 heterocycles. The van der Waals surface area contributed by atoms with Crippen LogP contribution in [0.3, 0.4) is 0 Å². The van der Waals surface area contributed by atoms with Crippen LogP contribution in [0.15, 0.2) is 30.3 Å². The number of hydrogen-bond donors (Lipinski definition) is 1. The Bertz CT molecular complexity index is 545. The van der Waals surface area contributed by atoms with Crippen LogP contribution < -0.4 is 5.73 Å². The Morgan fingerprint density at radius 2 is 1.89 bits per heavy atom. The normalized spacial score (nSPS) is 13.0. The van der Waals surface area contributed by atoms with Crippen molar-refractivity contribution >= 4 is 22.9 Å². The summed E-state index contributed by atoms with van der Waals surface area (Å²) < 4.78 is 0. The minimum atomic E-state index is 0.114. The van der Waals surface area contributed by atoms with Gasteiger partial charge in [0.05, 0.1) is 0 Å². The quantitative estimate of drug-likeness (QED) is 0.837. The van der Waals surface area contributed by atoms with Crippen molar-refractivity contribution < 1.29 is 0 Å². The molecule has 0 aliphatic rings. The lowest BCUT2D eigenvalue weighted by Gasteiger charge is -2.13. The summed E-state index contributed by atoms with van der Waals surface area (Å²) in [5.41, 5.74) is 8.63. The van der Waals surface area contributed by atoms with E-state index < -0.39 is 0 Å². The van der Waals surface area contributed by atoms with Crippen LogP contribution in [0.4, 0.5) is 0 Å². The van der Waals surface area contributed by atoms with Crippen molar-refractivity contribution in [3.63, 3.8) is 0 Å². The van der Waals surface area contributed by atoms with Gasteiger partial charge >= 0.3 is 0 Å². The third-order valence-electron chi connectivity index (χ3n) is 3.14. The van der Waals surface area contributed by atoms with E-state index in [2.05, 4.69) is 39.0 Å². The number of hydrogen-bond acceptors (Lipinski definition) is 2. The molecule has 96 valence electrons. The lowest BCUT2D eigenvalue weighted by Crippen LogP contribution is -2.14. The van der Waals surface area contributed by atoms with Crippen LogP contribution in [0.1, 0.15) is 30.3 Å². The van der Waals surface area contributed by atoms with Gasteiger partial charge in [-0.15, -0.1) is 11.3 Å². The third kappa shape index (κ3) is 2.77. The van der Waals surface area contributed by atoms with Crippen molar-refractivity contribution in [1.82, 2.24) is 0 Å². The van der Waals surface area contributed by atoms with Gasteiger partial charge in [0.1, 0.15) is 0 Å². The van der Waals surface area contributed by atoms with Crippen molar-refractivity contribution in [1.29, 1.82) is 0 Å². The summed E-state index contributed by atoms with van der Waals surface area (Å²) in [6.07, 6.45) is 0. The minimum Gasteiger partial charge on any atom is -0.323 e. The molecule has 0 saturated heterocycles. The predicted octanol–water partition coefficient (Wildman–Crippen LogP) is 5.03. The van der Waals surface area contributed by atoms with Crippen molar-refractivity contribution in [3.8, 4) is 10.4 Å². The molecule has 3 heteroatoms. The standard InChI is InChI=1S/C15H18ClNS/c1-9(2)15(17)14-7-6-13(18-14)12-8-11(16)5-4-10(12)3/h4-9,15H,17H2,1-3H3. The summed E-state index contributed by atoms with van der Waals surface area (Å²) in [5, 5.41) is 0.777. The van der Waals surface area contributed by atoms with E-state index >= 15 is 0 Å². The lowest BCUT2D eigenvalue weighted by molar-refractivity contribution is 0.521. The highest BCUT2D eigenvalue weighted by Crippen LogP contribution is 2.35. The zero-order valence-corrected chi connectivity index (χ0v) is 12.5. The number of rotatable bonds is 3. The van der Waals surface area contributed by atoms with Crippen LogP contribution in [0.2, 0.25) is 5.02 Å². The van der Waals surface area contributed by atoms with Gasteiger partial charge in [0.2, 0.25) is 0 Å². The molecule has 1 nitrogen and oxygen atoms in total. The van der Waals surface area contributed by atoms with Gasteiger partial charge in [-0.25, -0.2) is 0 Å². The van der Waals surface area contributed by atoms with Crippen molar-refractivity contribution in [2.24, 2.45) is 11.7 Å². The first-order valence-corrected chi connectivity index (χ1v) is 7.30. The van der Waals surface area contributed by atoms with Gasteiger partial charge in [0.25, 0.3) is 0 Å². The Kier molecular flexibility index (Phi) is 4.10. The average Bonchev–Trinajstić information content (AvgIpc) is 2.80. The molecule has 0 aliphatic heterocycles. The molecule has 1 aromatic heterocycles. The maximum absolute atomic E-state index is 6.18. The number of benzene rings is 1. The molecule has 0 spiro atoms. The average molecular weight is 280 g/mol. The van der Waals surface area contributed by atoms with Crippen molar-refractivity contribution in [2.45, 2.75) is 26.8 Å². The molecule has 18 heavy (non-hydrogen) atoms. The van der Waals surface area contributed by atoms with Gasteiger partial charge in [-0.2, -0.15) is 0 Å². The van der Waals surface area contributed by atoms with Crippen LogP contribution in [-0.2, 0) is 0 Å². The zero-order valence-electron chi connectivity index (χ0n) is 10.9. The molecular weight excluding hydrogens is 262 g/mol. The SMILES string of the molecule is Cc1ccc(Cl)cc1-c1ccc(C(N)C(C)C)s1. The third-order valence-corrected chi connectivity index (χ3v) is 4.59. The topological polar surface area (TPSA) is 26.0 Å². The van der Waals surface area contributed by atoms with Crippen LogP contribution in [0.25, 0.3) is 10.4 Å². The Labute approximate surface area is 118 Å². The fraction of sp³-hybridized carbons (Fsp3) is 0.333. The maximum Gasteiger partial charge on any atom is 0.0413 e. The molecule has 0 saturated carbocycles. The molecule has 1 unspecified atom stereocenters. The first kappa shape index (κ1) is 13.6. The summed E-state index contributed by atoms with van der Waals surface area (Å²) in [7, 11) is 0. The van der Waals surface area contributed by atoms with E-state index in [1.165, 1.54) is 20.9 Å². The molecule has 2 aromatic rings. The lowest BCUT2D eigenvalue weighted by atomic mass is 10.0. The summed E-state index contributed by atoms with van der Waals surface area (Å²) in [4.78, 5) is 2.47. The van der Waals surface area contributed by atoms with Crippen LogP contribution in [0, 0.1) is 12.8 Å². The summed E-state index contributed by atoms with van der Waals surface area (Å²) >= 11 is 7.83. The predicted molar refractivity (Wildman–Crippen MR) is 81.3 cm³/mol. The van der Waals surface area contributed by atoms with Crippen molar-refractivity contribution in [3.05, 3.63) is 45.8 Å². The van der Waals surface area contributed by atoms with E-state index in [1.807, 2.05) is 12.1 Å². The van der Waals surface area contributed by atoms with Crippen LogP contribution in [-0.4, -0.2) is 0 Å². The molecule has 0 radical (unpaired) electrons. The van der Waals surface area contributed by atoms with Gasteiger partial charge < -0.3 is 5.73 Å². The second kappa shape index (κ2) is 5.43. The van der Waals surface area contributed by atoms with Gasteiger partial charge in [0, 0.05) is 20.8 Å². The number of aryl methyl sites for hydroxylation is 1. The van der Waals surface area contributed by atoms with E-state index in [0.29, 0.717) is 5.92 Å². The fourth-order valence-electron chi connectivity index (χ4n) is 1.86. The van der Waals surface area contributed by atoms with E-state index in [-0.39, 0.29) is 6.04 Å². The van der Waals surface area contributed by atoms with E-state index in [1.54, 1.807) is 11.3 Å². The monoisotopic (exact) mass is 279 g/mol. The molecule has 0 amide bonds. The molecule has 1 aromatic carbocycles. The zero-order chi connectivity index (χ0) is 13.3. The smallest absolute Gasteiger partial charge is 0.0413 e. The second-order valence-electron chi connectivity index (χ2n) is 4.93. The highest BCUT2D eigenvalue weighted by atomic mass is 35.5. The van der Waals surface area contributed by atoms with Gasteiger partial charge in [0.15, 0.2) is 0 Å². The van der Waals surface area contributed by atoms with E-state index in [4.69, 9.17) is 17.3 Å². The molecule has 0 fully saturated rings. The van der Waals surface area contributed by atoms with Gasteiger partial charge in [-0.1, -0.05) is 31.5 Å². The Morgan fingerprint density at radius 1 is 1.17 bits per heavy atom. The number of nitrogens with two attached hydrogens (primary N) is 1. The number of halogens is 1. The maximum atomic E-state index is 6.18. The Morgan fingerprint density at radius 3 is 2.56 bits per heavy atom. The van der Waals surface area contributed by atoms with Gasteiger partial charge in [-0.05, 0) is 48.2 Å². The number of thiophene rings is 1. The first-order chi connectivity index (χ1) is 8.49. The highest BCUT2D eigenvalue weighted by Gasteiger charge is 2.14. The molecular formula is C15H18ClNS. The van der Waals surface area contributed by atoms with Crippen molar-refractivity contribution in [2.75, 3.05) is 0 Å². The summed E-state index contributed by atoms with van der Waals surface area (Å²) in [5.74, 6) is 0.456. The second-order valence-corrected chi connectivity index (χ2v) is 6.48. The van der Waals surface area contributed by atoms with Crippen LogP contribution >= 0.6 is 22.9 Å². The first-order valence-electron chi connectivity index (χ1n) is 6.11. The molecule has 1 atom stereocenters. The minimum absolute atomic E-state index is 0.114. The van der Waals surface area contributed by atoms with E-state index in [0.717, 1.165) is 5.02 Å². The molecule has 2 rings (SSSR count). The Balaban J connectivity index is 2.38. The summed E-state index contributed by atoms with van der Waals surface area (Å²) in [6, 6.07) is 10.4. The largest absolute Gasteiger partial charge is 0.323 e. The molecule has 2 N–H and O–H groups in total. The fourth-order valence-corrected chi connectivity index (χ4v) is 3.30. The van der Waals surface area contributed by atoms with Gasteiger partial charge in [-0.3, -0.25) is 0 Å². The molecule has 0 aliphatic carbocycles. The highest BCUT2D eigenvalue weighted by molar-refractivity contribution is 7.15. The molecule has 0 bridgehead atoms.